The molecule has 0 bridgehead atoms. The van der Waals surface area contributed by atoms with Gasteiger partial charge in [0.2, 0.25) is 5.91 Å². The van der Waals surface area contributed by atoms with E-state index in [9.17, 15) is 14.0 Å². The molecule has 5 nitrogen and oxygen atoms in total. The lowest BCUT2D eigenvalue weighted by atomic mass is 10.1. The van der Waals surface area contributed by atoms with Crippen LogP contribution in [0.15, 0.2) is 48.5 Å². The number of hydrogen-bond donors (Lipinski definition) is 3. The number of anilines is 1. The Hall–Kier alpha value is -2.44. The Kier molecular flexibility index (Phi) is 10.8. The first kappa shape index (κ1) is 23.6. The molecule has 0 atom stereocenters. The second kappa shape index (κ2) is 12.9. The Morgan fingerprint density at radius 1 is 0.893 bits per heavy atom. The van der Waals surface area contributed by atoms with Crippen LogP contribution in [-0.4, -0.2) is 18.4 Å². The molecule has 2 aromatic carbocycles. The molecule has 2 aromatic rings. The van der Waals surface area contributed by atoms with Gasteiger partial charge in [-0.05, 0) is 61.3 Å². The zero-order valence-electron chi connectivity index (χ0n) is 15.7. The summed E-state index contributed by atoms with van der Waals surface area (Å²) in [5, 5.41) is 5.59. The predicted molar refractivity (Wildman–Crippen MR) is 112 cm³/mol. The van der Waals surface area contributed by atoms with E-state index in [2.05, 4.69) is 10.6 Å². The van der Waals surface area contributed by atoms with Crippen molar-refractivity contribution in [3.05, 3.63) is 65.5 Å². The molecule has 0 saturated carbocycles. The van der Waals surface area contributed by atoms with E-state index < -0.39 is 0 Å². The smallest absolute Gasteiger partial charge is 0.255 e. The summed E-state index contributed by atoms with van der Waals surface area (Å²) in [6.45, 7) is 1.13. The zero-order valence-corrected chi connectivity index (χ0v) is 16.6. The second-order valence-corrected chi connectivity index (χ2v) is 6.39. The molecule has 0 aliphatic rings. The SMILES string of the molecule is Cl.NCCCCCCC(=O)NCc1ccc(C(=O)Nc2ccc(F)cc2)cc1. The highest BCUT2D eigenvalue weighted by atomic mass is 35.5. The normalized spacial score (nSPS) is 10.1. The maximum atomic E-state index is 12.9. The molecule has 0 unspecified atom stereocenters. The van der Waals surface area contributed by atoms with Gasteiger partial charge in [0.05, 0.1) is 0 Å². The highest BCUT2D eigenvalue weighted by Crippen LogP contribution is 2.11. The van der Waals surface area contributed by atoms with Crippen molar-refractivity contribution in [2.45, 2.75) is 38.6 Å². The number of carbonyl (C=O) groups is 2. The van der Waals surface area contributed by atoms with Crippen LogP contribution < -0.4 is 16.4 Å². The van der Waals surface area contributed by atoms with Gasteiger partial charge in [0.15, 0.2) is 0 Å². The van der Waals surface area contributed by atoms with E-state index >= 15 is 0 Å². The van der Waals surface area contributed by atoms with Gasteiger partial charge in [-0.1, -0.05) is 25.0 Å². The minimum atomic E-state index is -0.352. The van der Waals surface area contributed by atoms with Crippen molar-refractivity contribution in [1.29, 1.82) is 0 Å². The van der Waals surface area contributed by atoms with Gasteiger partial charge in [0.25, 0.3) is 5.91 Å². The van der Waals surface area contributed by atoms with Crippen LogP contribution in [0.3, 0.4) is 0 Å². The Labute approximate surface area is 171 Å². The van der Waals surface area contributed by atoms with Crippen molar-refractivity contribution in [2.75, 3.05) is 11.9 Å². The zero-order chi connectivity index (χ0) is 19.5. The molecule has 152 valence electrons. The molecule has 0 aromatic heterocycles. The van der Waals surface area contributed by atoms with E-state index in [-0.39, 0.29) is 30.0 Å². The number of amides is 2. The Bertz CT molecular complexity index is 736. The number of nitrogens with one attached hydrogen (secondary N) is 2. The van der Waals surface area contributed by atoms with Crippen molar-refractivity contribution < 1.29 is 14.0 Å². The number of hydrogen-bond acceptors (Lipinski definition) is 3. The quantitative estimate of drug-likeness (QED) is 0.520. The lowest BCUT2D eigenvalue weighted by Crippen LogP contribution is -2.22. The molecule has 2 rings (SSSR count). The van der Waals surface area contributed by atoms with E-state index in [0.717, 1.165) is 31.2 Å². The highest BCUT2D eigenvalue weighted by molar-refractivity contribution is 6.04. The van der Waals surface area contributed by atoms with Gasteiger partial charge in [-0.3, -0.25) is 9.59 Å². The Balaban J connectivity index is 0.00000392. The molecule has 28 heavy (non-hydrogen) atoms. The van der Waals surface area contributed by atoms with Crippen LogP contribution in [-0.2, 0) is 11.3 Å². The Morgan fingerprint density at radius 2 is 1.54 bits per heavy atom. The summed E-state index contributed by atoms with van der Waals surface area (Å²) in [4.78, 5) is 24.0. The third-order valence-corrected chi connectivity index (χ3v) is 4.17. The van der Waals surface area contributed by atoms with Crippen molar-refractivity contribution in [3.63, 3.8) is 0 Å². The van der Waals surface area contributed by atoms with Crippen LogP contribution in [0.4, 0.5) is 10.1 Å². The first-order valence-corrected chi connectivity index (χ1v) is 9.21. The Morgan fingerprint density at radius 3 is 2.18 bits per heavy atom. The van der Waals surface area contributed by atoms with Crippen LogP contribution in [0.5, 0.6) is 0 Å². The van der Waals surface area contributed by atoms with Crippen molar-refractivity contribution >= 4 is 29.9 Å². The summed E-state index contributed by atoms with van der Waals surface area (Å²) < 4.78 is 12.9. The van der Waals surface area contributed by atoms with Gasteiger partial charge in [0, 0.05) is 24.2 Å². The molecule has 0 aliphatic heterocycles. The number of carbonyl (C=O) groups excluding carboxylic acids is 2. The van der Waals surface area contributed by atoms with Crippen LogP contribution in [0, 0.1) is 5.82 Å². The topological polar surface area (TPSA) is 84.2 Å². The van der Waals surface area contributed by atoms with E-state index in [4.69, 9.17) is 5.73 Å². The third-order valence-electron chi connectivity index (χ3n) is 4.17. The molecular weight excluding hydrogens is 381 g/mol. The number of benzene rings is 2. The van der Waals surface area contributed by atoms with Gasteiger partial charge >= 0.3 is 0 Å². The van der Waals surface area contributed by atoms with Crippen LogP contribution in [0.2, 0.25) is 0 Å². The maximum Gasteiger partial charge on any atom is 0.255 e. The third kappa shape index (κ3) is 8.50. The summed E-state index contributed by atoms with van der Waals surface area (Å²) in [6.07, 6.45) is 4.47. The molecule has 7 heteroatoms. The fourth-order valence-corrected chi connectivity index (χ4v) is 2.58. The van der Waals surface area contributed by atoms with E-state index in [1.54, 1.807) is 24.3 Å². The molecule has 0 heterocycles. The van der Waals surface area contributed by atoms with Gasteiger partial charge in [-0.2, -0.15) is 0 Å². The average molecular weight is 408 g/mol. The van der Waals surface area contributed by atoms with E-state index in [1.165, 1.54) is 24.3 Å². The van der Waals surface area contributed by atoms with Crippen molar-refractivity contribution in [2.24, 2.45) is 5.73 Å². The van der Waals surface area contributed by atoms with Gasteiger partial charge in [-0.15, -0.1) is 12.4 Å². The molecule has 4 N–H and O–H groups in total. The lowest BCUT2D eigenvalue weighted by molar-refractivity contribution is -0.121. The second-order valence-electron chi connectivity index (χ2n) is 6.39. The molecule has 0 radical (unpaired) electrons. The minimum absolute atomic E-state index is 0. The monoisotopic (exact) mass is 407 g/mol. The number of nitrogens with two attached hydrogens (primary N) is 1. The van der Waals surface area contributed by atoms with Crippen LogP contribution >= 0.6 is 12.4 Å². The van der Waals surface area contributed by atoms with Gasteiger partial charge < -0.3 is 16.4 Å². The van der Waals surface area contributed by atoms with Crippen molar-refractivity contribution in [1.82, 2.24) is 5.32 Å². The van der Waals surface area contributed by atoms with Gasteiger partial charge in [0.1, 0.15) is 5.82 Å². The molecule has 0 aliphatic carbocycles. The standard InChI is InChI=1S/C21H26FN3O2.ClH/c22-18-10-12-19(13-11-18)25-21(27)17-8-6-16(7-9-17)15-24-20(26)5-3-1-2-4-14-23;/h6-13H,1-5,14-15,23H2,(H,24,26)(H,25,27);1H. The molecule has 0 fully saturated rings. The fourth-order valence-electron chi connectivity index (χ4n) is 2.58. The predicted octanol–water partition coefficient (Wildman–Crippen LogP) is 4.03. The van der Waals surface area contributed by atoms with Crippen molar-refractivity contribution in [3.8, 4) is 0 Å². The first-order chi connectivity index (χ1) is 13.1. The minimum Gasteiger partial charge on any atom is -0.352 e. The van der Waals surface area contributed by atoms with Gasteiger partial charge in [-0.25, -0.2) is 4.39 Å². The maximum absolute atomic E-state index is 12.9. The first-order valence-electron chi connectivity index (χ1n) is 9.21. The van der Waals surface area contributed by atoms with Crippen LogP contribution in [0.1, 0.15) is 48.0 Å². The molecule has 0 spiro atoms. The fraction of sp³-hybridized carbons (Fsp3) is 0.333. The largest absolute Gasteiger partial charge is 0.352 e. The number of rotatable bonds is 10. The lowest BCUT2D eigenvalue weighted by Gasteiger charge is -2.08. The summed E-state index contributed by atoms with van der Waals surface area (Å²) >= 11 is 0. The summed E-state index contributed by atoms with van der Waals surface area (Å²) in [7, 11) is 0. The van der Waals surface area contributed by atoms with Crippen LogP contribution in [0.25, 0.3) is 0 Å². The average Bonchev–Trinajstić information content (AvgIpc) is 2.68. The molecule has 2 amide bonds. The molecular formula is C21H27ClFN3O2. The number of halogens is 2. The van der Waals surface area contributed by atoms with E-state index in [0.29, 0.717) is 30.8 Å². The molecule has 0 saturated heterocycles. The summed E-state index contributed by atoms with van der Waals surface area (Å²) in [5.74, 6) is -0.592. The van der Waals surface area contributed by atoms with E-state index in [1.807, 2.05) is 0 Å². The summed E-state index contributed by atoms with van der Waals surface area (Å²) in [5.41, 5.74) is 7.39. The summed E-state index contributed by atoms with van der Waals surface area (Å²) in [6, 6.07) is 12.6. The number of unbranched alkanes of at least 4 members (excludes halogenated alkanes) is 3. The highest BCUT2D eigenvalue weighted by Gasteiger charge is 2.07.